The van der Waals surface area contributed by atoms with Gasteiger partial charge in [-0.05, 0) is 35.4 Å². The molecule has 0 aliphatic rings. The summed E-state index contributed by atoms with van der Waals surface area (Å²) < 4.78 is 45.2. The number of primary sulfonamides is 2. The highest BCUT2D eigenvalue weighted by molar-refractivity contribution is 7.89. The van der Waals surface area contributed by atoms with Crippen LogP contribution in [0.15, 0.2) is 58.3 Å². The smallest absolute Gasteiger partial charge is 0.225 e. The fourth-order valence-corrected chi connectivity index (χ4v) is 2.82. The van der Waals surface area contributed by atoms with Crippen molar-refractivity contribution in [1.82, 2.24) is 0 Å². The van der Waals surface area contributed by atoms with Crippen molar-refractivity contribution in [2.45, 2.75) is 9.79 Å². The lowest BCUT2D eigenvalue weighted by molar-refractivity contribution is 0.596. The van der Waals surface area contributed by atoms with E-state index in [4.69, 9.17) is 10.3 Å². The van der Waals surface area contributed by atoms with Gasteiger partial charge in [0, 0.05) is 0 Å². The fraction of sp³-hybridized carbons (Fsp3) is 0. The molecule has 2 aromatic rings. The third kappa shape index (κ3) is 3.23. The number of rotatable bonds is 3. The maximum absolute atomic E-state index is 11.3. The first-order valence-electron chi connectivity index (χ1n) is 5.44. The van der Waals surface area contributed by atoms with E-state index >= 15 is 0 Å². The highest BCUT2D eigenvalue weighted by atomic mass is 32.2. The predicted molar refractivity (Wildman–Crippen MR) is 74.6 cm³/mol. The highest BCUT2D eigenvalue weighted by Crippen LogP contribution is 2.24. The minimum Gasteiger partial charge on any atom is -0.225 e. The molecule has 0 spiro atoms. The van der Waals surface area contributed by atoms with Gasteiger partial charge in [-0.3, -0.25) is 0 Å². The zero-order valence-electron chi connectivity index (χ0n) is 10.2. The Balaban J connectivity index is 2.58. The van der Waals surface area contributed by atoms with E-state index in [9.17, 15) is 16.8 Å². The molecule has 4 N–H and O–H groups in total. The van der Waals surface area contributed by atoms with Gasteiger partial charge < -0.3 is 0 Å². The highest BCUT2D eigenvalue weighted by Gasteiger charge is 2.11. The lowest BCUT2D eigenvalue weighted by atomic mass is 10.1. The molecule has 0 saturated carbocycles. The Morgan fingerprint density at radius 3 is 1.30 bits per heavy atom. The van der Waals surface area contributed by atoms with E-state index in [0.717, 1.165) is 0 Å². The normalized spacial score (nSPS) is 12.3. The van der Waals surface area contributed by atoms with Crippen LogP contribution in [0, 0.1) is 0 Å². The first-order valence-corrected chi connectivity index (χ1v) is 8.53. The molecule has 106 valence electrons. The second-order valence-electron chi connectivity index (χ2n) is 4.15. The van der Waals surface area contributed by atoms with Gasteiger partial charge in [0.1, 0.15) is 0 Å². The molecular weight excluding hydrogens is 300 g/mol. The Morgan fingerprint density at radius 2 is 1.00 bits per heavy atom. The number of sulfonamides is 2. The summed E-state index contributed by atoms with van der Waals surface area (Å²) in [6.45, 7) is 0. The van der Waals surface area contributed by atoms with E-state index in [1.165, 1.54) is 36.4 Å². The van der Waals surface area contributed by atoms with Gasteiger partial charge in [0.15, 0.2) is 0 Å². The van der Waals surface area contributed by atoms with E-state index in [2.05, 4.69) is 0 Å². The molecule has 0 amide bonds. The molecule has 0 aliphatic carbocycles. The molecule has 0 saturated heterocycles. The molecule has 20 heavy (non-hydrogen) atoms. The average molecular weight is 312 g/mol. The second kappa shape index (κ2) is 4.98. The Hall–Kier alpha value is -1.74. The van der Waals surface area contributed by atoms with Gasteiger partial charge in [-0.15, -0.1) is 0 Å². The summed E-state index contributed by atoms with van der Waals surface area (Å²) in [5.41, 5.74) is 1.06. The molecule has 0 unspecified atom stereocenters. The van der Waals surface area contributed by atoms with E-state index in [1.54, 1.807) is 12.1 Å². The maximum atomic E-state index is 11.3. The Labute approximate surface area is 117 Å². The summed E-state index contributed by atoms with van der Waals surface area (Å²) in [5.74, 6) is 0. The summed E-state index contributed by atoms with van der Waals surface area (Å²) in [5, 5.41) is 10.1. The third-order valence-electron chi connectivity index (χ3n) is 2.66. The SMILES string of the molecule is NS(=O)(=O)c1cccc(-c2cccc(S(N)(=O)=O)c2)c1. The van der Waals surface area contributed by atoms with Gasteiger partial charge in [0.05, 0.1) is 9.79 Å². The van der Waals surface area contributed by atoms with Crippen LogP contribution in [-0.4, -0.2) is 16.8 Å². The number of benzene rings is 2. The molecule has 0 bridgehead atoms. The van der Waals surface area contributed by atoms with Crippen molar-refractivity contribution in [3.8, 4) is 11.1 Å². The maximum Gasteiger partial charge on any atom is 0.238 e. The monoisotopic (exact) mass is 312 g/mol. The van der Waals surface area contributed by atoms with E-state index in [0.29, 0.717) is 11.1 Å². The second-order valence-corrected chi connectivity index (χ2v) is 7.27. The lowest BCUT2D eigenvalue weighted by Gasteiger charge is -2.06. The zero-order valence-corrected chi connectivity index (χ0v) is 11.9. The molecule has 0 aromatic heterocycles. The van der Waals surface area contributed by atoms with E-state index < -0.39 is 20.0 Å². The lowest BCUT2D eigenvalue weighted by Crippen LogP contribution is -2.12. The number of hydrogen-bond donors (Lipinski definition) is 2. The van der Waals surface area contributed by atoms with Crippen LogP contribution < -0.4 is 10.3 Å². The predicted octanol–water partition coefficient (Wildman–Crippen LogP) is 0.648. The van der Waals surface area contributed by atoms with Crippen LogP contribution in [-0.2, 0) is 20.0 Å². The summed E-state index contributed by atoms with van der Waals surface area (Å²) >= 11 is 0. The number of nitrogens with two attached hydrogens (primary N) is 2. The molecular formula is C12H12N2O4S2. The molecule has 0 heterocycles. The first-order chi connectivity index (χ1) is 9.18. The van der Waals surface area contributed by atoms with Crippen molar-refractivity contribution in [2.75, 3.05) is 0 Å². The van der Waals surface area contributed by atoms with Crippen LogP contribution in [0.25, 0.3) is 11.1 Å². The minimum absolute atomic E-state index is 0.0454. The molecule has 2 aromatic carbocycles. The number of hydrogen-bond acceptors (Lipinski definition) is 4. The van der Waals surface area contributed by atoms with Crippen molar-refractivity contribution < 1.29 is 16.8 Å². The van der Waals surface area contributed by atoms with Gasteiger partial charge in [0.25, 0.3) is 0 Å². The quantitative estimate of drug-likeness (QED) is 0.864. The van der Waals surface area contributed by atoms with Crippen molar-refractivity contribution in [3.63, 3.8) is 0 Å². The van der Waals surface area contributed by atoms with Crippen LogP contribution >= 0.6 is 0 Å². The van der Waals surface area contributed by atoms with Crippen molar-refractivity contribution in [3.05, 3.63) is 48.5 Å². The van der Waals surface area contributed by atoms with Crippen molar-refractivity contribution in [2.24, 2.45) is 10.3 Å². The summed E-state index contributed by atoms with van der Waals surface area (Å²) in [4.78, 5) is -0.0907. The molecule has 0 aliphatic heterocycles. The van der Waals surface area contributed by atoms with Crippen LogP contribution in [0.5, 0.6) is 0 Å². The average Bonchev–Trinajstić information content (AvgIpc) is 2.37. The molecule has 2 rings (SSSR count). The summed E-state index contributed by atoms with van der Waals surface area (Å²) in [6.07, 6.45) is 0. The summed E-state index contributed by atoms with van der Waals surface area (Å²) in [6, 6.07) is 11.8. The first kappa shape index (κ1) is 14.7. The van der Waals surface area contributed by atoms with Crippen LogP contribution in [0.4, 0.5) is 0 Å². The molecule has 0 fully saturated rings. The van der Waals surface area contributed by atoms with Gasteiger partial charge in [-0.1, -0.05) is 24.3 Å². The minimum atomic E-state index is -3.81. The van der Waals surface area contributed by atoms with Gasteiger partial charge in [-0.25, -0.2) is 27.1 Å². The Bertz CT molecular complexity index is 785. The van der Waals surface area contributed by atoms with Gasteiger partial charge in [-0.2, -0.15) is 0 Å². The molecule has 8 heteroatoms. The zero-order chi connectivity index (χ0) is 15.0. The molecule has 0 atom stereocenters. The largest absolute Gasteiger partial charge is 0.238 e. The molecule has 6 nitrogen and oxygen atoms in total. The van der Waals surface area contributed by atoms with Crippen molar-refractivity contribution >= 4 is 20.0 Å². The van der Waals surface area contributed by atoms with Crippen LogP contribution in [0.2, 0.25) is 0 Å². The molecule has 0 radical (unpaired) electrons. The fourth-order valence-electron chi connectivity index (χ4n) is 1.71. The van der Waals surface area contributed by atoms with Gasteiger partial charge >= 0.3 is 0 Å². The van der Waals surface area contributed by atoms with Crippen molar-refractivity contribution in [1.29, 1.82) is 0 Å². The Morgan fingerprint density at radius 1 is 0.650 bits per heavy atom. The Kier molecular flexibility index (Phi) is 3.65. The standard InChI is InChI=1S/C12H12N2O4S2/c13-19(15,16)11-5-1-3-9(7-11)10-4-2-6-12(8-10)20(14,17)18/h1-8H,(H2,13,15,16)(H2,14,17,18). The van der Waals surface area contributed by atoms with E-state index in [-0.39, 0.29) is 9.79 Å². The third-order valence-corrected chi connectivity index (χ3v) is 4.48. The van der Waals surface area contributed by atoms with Gasteiger partial charge in [0.2, 0.25) is 20.0 Å². The summed E-state index contributed by atoms with van der Waals surface area (Å²) in [7, 11) is -7.63. The van der Waals surface area contributed by atoms with Crippen LogP contribution in [0.3, 0.4) is 0 Å². The van der Waals surface area contributed by atoms with E-state index in [1.807, 2.05) is 0 Å². The topological polar surface area (TPSA) is 120 Å². The van der Waals surface area contributed by atoms with Crippen LogP contribution in [0.1, 0.15) is 0 Å².